The van der Waals surface area contributed by atoms with E-state index in [-0.39, 0.29) is 27.7 Å². The van der Waals surface area contributed by atoms with Crippen LogP contribution in [0.3, 0.4) is 0 Å². The van der Waals surface area contributed by atoms with E-state index in [1.54, 1.807) is 37.3 Å². The summed E-state index contributed by atoms with van der Waals surface area (Å²) in [6.07, 6.45) is -4.65. The molecule has 0 unspecified atom stereocenters. The lowest BCUT2D eigenvalue weighted by Gasteiger charge is -2.10. The Kier molecular flexibility index (Phi) is 5.95. The Morgan fingerprint density at radius 3 is 2.33 bits per heavy atom. The van der Waals surface area contributed by atoms with Gasteiger partial charge in [0.1, 0.15) is 5.82 Å². The summed E-state index contributed by atoms with van der Waals surface area (Å²) >= 11 is 6.18. The third kappa shape index (κ3) is 4.75. The molecule has 0 saturated heterocycles. The predicted octanol–water partition coefficient (Wildman–Crippen LogP) is 6.91. The van der Waals surface area contributed by atoms with Crippen LogP contribution in [-0.2, 0) is 6.18 Å². The number of benzene rings is 3. The molecular formula is C24H16ClF4N3O. The van der Waals surface area contributed by atoms with Crippen LogP contribution in [0.25, 0.3) is 16.9 Å². The van der Waals surface area contributed by atoms with Gasteiger partial charge in [-0.25, -0.2) is 9.07 Å². The van der Waals surface area contributed by atoms with E-state index in [0.29, 0.717) is 11.1 Å². The minimum atomic E-state index is -4.65. The first kappa shape index (κ1) is 22.5. The number of nitrogens with one attached hydrogen (secondary N) is 1. The van der Waals surface area contributed by atoms with Gasteiger partial charge < -0.3 is 5.32 Å². The zero-order valence-corrected chi connectivity index (χ0v) is 17.9. The second kappa shape index (κ2) is 8.71. The van der Waals surface area contributed by atoms with E-state index in [1.807, 2.05) is 0 Å². The summed E-state index contributed by atoms with van der Waals surface area (Å²) in [4.78, 5) is 12.5. The number of hydrogen-bond donors (Lipinski definition) is 1. The Morgan fingerprint density at radius 2 is 1.70 bits per heavy atom. The second-order valence-corrected chi connectivity index (χ2v) is 7.70. The Balaban J connectivity index is 1.68. The molecule has 0 aliphatic heterocycles. The van der Waals surface area contributed by atoms with Crippen molar-refractivity contribution >= 4 is 23.2 Å². The number of rotatable bonds is 4. The quantitative estimate of drug-likeness (QED) is 0.327. The van der Waals surface area contributed by atoms with Crippen molar-refractivity contribution in [2.75, 3.05) is 5.32 Å². The Morgan fingerprint density at radius 1 is 1.00 bits per heavy atom. The number of para-hydroxylation sites is 1. The summed E-state index contributed by atoms with van der Waals surface area (Å²) in [5, 5.41) is 6.42. The molecule has 0 aliphatic carbocycles. The molecule has 0 spiro atoms. The third-order valence-electron chi connectivity index (χ3n) is 4.90. The Labute approximate surface area is 191 Å². The topological polar surface area (TPSA) is 46.9 Å². The highest BCUT2D eigenvalue weighted by atomic mass is 35.5. The van der Waals surface area contributed by atoms with E-state index in [1.165, 1.54) is 36.4 Å². The largest absolute Gasteiger partial charge is 0.435 e. The molecule has 3 aromatic carbocycles. The summed E-state index contributed by atoms with van der Waals surface area (Å²) in [6, 6.07) is 17.6. The molecule has 1 heterocycles. The van der Waals surface area contributed by atoms with Crippen LogP contribution < -0.4 is 5.32 Å². The van der Waals surface area contributed by atoms with Crippen LogP contribution in [0, 0.1) is 12.7 Å². The molecule has 168 valence electrons. The monoisotopic (exact) mass is 473 g/mol. The number of amides is 1. The van der Waals surface area contributed by atoms with Crippen LogP contribution in [-0.4, -0.2) is 15.7 Å². The molecular weight excluding hydrogens is 458 g/mol. The molecule has 0 bridgehead atoms. The molecule has 4 nitrogen and oxygen atoms in total. The number of nitrogens with zero attached hydrogens (tertiary/aromatic N) is 2. The number of halogens is 5. The number of carbonyl (C=O) groups excluding carboxylic acids is 1. The highest BCUT2D eigenvalue weighted by molar-refractivity contribution is 6.32. The summed E-state index contributed by atoms with van der Waals surface area (Å²) in [5.74, 6) is -1.12. The van der Waals surface area contributed by atoms with Gasteiger partial charge in [-0.2, -0.15) is 18.3 Å². The first-order valence-electron chi connectivity index (χ1n) is 9.73. The van der Waals surface area contributed by atoms with E-state index in [0.717, 1.165) is 10.7 Å². The van der Waals surface area contributed by atoms with Crippen LogP contribution in [0.15, 0.2) is 72.8 Å². The SMILES string of the molecule is Cc1ccc(NC(=O)c2ccc(-c3cc(C(F)(F)F)nn3-c3ccccc3Cl)cc2)c(F)c1. The third-order valence-corrected chi connectivity index (χ3v) is 5.22. The summed E-state index contributed by atoms with van der Waals surface area (Å²) in [6.45, 7) is 1.73. The molecule has 9 heteroatoms. The molecule has 0 atom stereocenters. The molecule has 1 N–H and O–H groups in total. The van der Waals surface area contributed by atoms with Crippen molar-refractivity contribution in [1.29, 1.82) is 0 Å². The van der Waals surface area contributed by atoms with Crippen LogP contribution in [0.2, 0.25) is 5.02 Å². The molecule has 4 aromatic rings. The maximum atomic E-state index is 14.0. The molecule has 33 heavy (non-hydrogen) atoms. The number of carbonyl (C=O) groups is 1. The molecule has 1 amide bonds. The maximum Gasteiger partial charge on any atom is 0.435 e. The van der Waals surface area contributed by atoms with Crippen LogP contribution >= 0.6 is 11.6 Å². The number of aromatic nitrogens is 2. The van der Waals surface area contributed by atoms with E-state index < -0.39 is 23.6 Å². The average molecular weight is 474 g/mol. The van der Waals surface area contributed by atoms with Gasteiger partial charge in [0.2, 0.25) is 0 Å². The van der Waals surface area contributed by atoms with Crippen LogP contribution in [0.1, 0.15) is 21.6 Å². The number of anilines is 1. The molecule has 0 saturated carbocycles. The maximum absolute atomic E-state index is 14.0. The smallest absolute Gasteiger partial charge is 0.319 e. The Hall–Kier alpha value is -3.65. The normalized spacial score (nSPS) is 11.5. The zero-order chi connectivity index (χ0) is 23.8. The van der Waals surface area contributed by atoms with E-state index in [9.17, 15) is 22.4 Å². The number of aryl methyl sites for hydroxylation is 1. The van der Waals surface area contributed by atoms with Gasteiger partial charge in [0, 0.05) is 11.1 Å². The lowest BCUT2D eigenvalue weighted by atomic mass is 10.1. The van der Waals surface area contributed by atoms with E-state index in [2.05, 4.69) is 10.4 Å². The highest BCUT2D eigenvalue weighted by Gasteiger charge is 2.35. The average Bonchev–Trinajstić information content (AvgIpc) is 3.22. The fraction of sp³-hybridized carbons (Fsp3) is 0.0833. The van der Waals surface area contributed by atoms with Gasteiger partial charge in [-0.05, 0) is 55.0 Å². The summed E-state index contributed by atoms with van der Waals surface area (Å²) in [5.41, 5.74) is 0.682. The van der Waals surface area contributed by atoms with Crippen molar-refractivity contribution in [2.24, 2.45) is 0 Å². The first-order chi connectivity index (χ1) is 15.6. The van der Waals surface area contributed by atoms with Crippen LogP contribution in [0.4, 0.5) is 23.2 Å². The van der Waals surface area contributed by atoms with Crippen molar-refractivity contribution in [3.8, 4) is 16.9 Å². The highest BCUT2D eigenvalue weighted by Crippen LogP contribution is 2.34. The van der Waals surface area contributed by atoms with Gasteiger partial charge >= 0.3 is 6.18 Å². The Bertz CT molecular complexity index is 1330. The van der Waals surface area contributed by atoms with Gasteiger partial charge in [-0.1, -0.05) is 41.9 Å². The van der Waals surface area contributed by atoms with Gasteiger partial charge in [0.15, 0.2) is 5.69 Å². The number of alkyl halides is 3. The molecule has 4 rings (SSSR count). The second-order valence-electron chi connectivity index (χ2n) is 7.29. The van der Waals surface area contributed by atoms with E-state index in [4.69, 9.17) is 11.6 Å². The minimum Gasteiger partial charge on any atom is -0.319 e. The molecule has 0 radical (unpaired) electrons. The van der Waals surface area contributed by atoms with Crippen molar-refractivity contribution in [2.45, 2.75) is 13.1 Å². The van der Waals surface area contributed by atoms with Crippen molar-refractivity contribution in [3.05, 3.63) is 100 Å². The summed E-state index contributed by atoms with van der Waals surface area (Å²) in [7, 11) is 0. The molecule has 0 aliphatic rings. The first-order valence-corrected chi connectivity index (χ1v) is 10.1. The van der Waals surface area contributed by atoms with Crippen molar-refractivity contribution in [1.82, 2.24) is 9.78 Å². The molecule has 0 fully saturated rings. The van der Waals surface area contributed by atoms with Crippen LogP contribution in [0.5, 0.6) is 0 Å². The minimum absolute atomic E-state index is 0.0290. The fourth-order valence-corrected chi connectivity index (χ4v) is 3.46. The lowest BCUT2D eigenvalue weighted by Crippen LogP contribution is -2.13. The van der Waals surface area contributed by atoms with Crippen molar-refractivity contribution < 1.29 is 22.4 Å². The standard InChI is InChI=1S/C24H16ClF4N3O/c1-14-6-11-19(18(26)12-14)30-23(33)16-9-7-15(8-10-16)21-13-22(24(27,28)29)31-32(21)20-5-3-2-4-17(20)25/h2-13H,1H3,(H,30,33). The zero-order valence-electron chi connectivity index (χ0n) is 17.1. The summed E-state index contributed by atoms with van der Waals surface area (Å²) < 4.78 is 55.2. The van der Waals surface area contributed by atoms with Gasteiger partial charge in [0.25, 0.3) is 5.91 Å². The molecule has 1 aromatic heterocycles. The van der Waals surface area contributed by atoms with Crippen molar-refractivity contribution in [3.63, 3.8) is 0 Å². The predicted molar refractivity (Wildman–Crippen MR) is 118 cm³/mol. The van der Waals surface area contributed by atoms with Gasteiger partial charge in [0.05, 0.1) is 22.1 Å². The van der Waals surface area contributed by atoms with E-state index >= 15 is 0 Å². The van der Waals surface area contributed by atoms with Gasteiger partial charge in [-0.3, -0.25) is 4.79 Å². The number of hydrogen-bond acceptors (Lipinski definition) is 2. The van der Waals surface area contributed by atoms with Gasteiger partial charge in [-0.15, -0.1) is 0 Å². The lowest BCUT2D eigenvalue weighted by molar-refractivity contribution is -0.141. The fourth-order valence-electron chi connectivity index (χ4n) is 3.24.